The largest absolute Gasteiger partial charge is 0.456 e. The number of benzene rings is 11. The van der Waals surface area contributed by atoms with Crippen LogP contribution in [0.1, 0.15) is 0 Å². The Labute approximate surface area is 387 Å². The van der Waals surface area contributed by atoms with Gasteiger partial charge < -0.3 is 27.5 Å². The van der Waals surface area contributed by atoms with Crippen molar-refractivity contribution in [2.45, 2.75) is 0 Å². The molecule has 15 rings (SSSR count). The van der Waals surface area contributed by atoms with Crippen LogP contribution >= 0.6 is 0 Å². The highest BCUT2D eigenvalue weighted by Crippen LogP contribution is 2.47. The molecule has 4 heterocycles. The molecule has 0 fully saturated rings. The van der Waals surface area contributed by atoms with Crippen LogP contribution in [-0.4, -0.2) is 0 Å². The van der Waals surface area contributed by atoms with Gasteiger partial charge in [0.2, 0.25) is 0 Å². The van der Waals surface area contributed by atoms with Gasteiger partial charge >= 0.3 is 0 Å². The predicted molar refractivity (Wildman–Crippen MR) is 280 cm³/mol. The first kappa shape index (κ1) is 37.0. The third kappa shape index (κ3) is 5.52. The zero-order valence-electron chi connectivity index (χ0n) is 36.3. The highest BCUT2D eigenvalue weighted by atomic mass is 16.3. The highest BCUT2D eigenvalue weighted by Gasteiger charge is 2.23. The molecule has 0 aliphatic rings. The molecule has 6 heteroatoms. The number of furan rings is 4. The highest BCUT2D eigenvalue weighted by molar-refractivity contribution is 6.20. The summed E-state index contributed by atoms with van der Waals surface area (Å²) < 4.78 is 26.0. The second-order valence-electron chi connectivity index (χ2n) is 17.6. The quantitative estimate of drug-likeness (QED) is 0.166. The lowest BCUT2D eigenvalue weighted by molar-refractivity contribution is 0.656. The summed E-state index contributed by atoms with van der Waals surface area (Å²) in [7, 11) is 0. The van der Waals surface area contributed by atoms with Crippen LogP contribution in [-0.2, 0) is 0 Å². The van der Waals surface area contributed by atoms with Crippen molar-refractivity contribution in [1.29, 1.82) is 0 Å². The molecule has 0 bridgehead atoms. The fourth-order valence-electron chi connectivity index (χ4n) is 10.7. The summed E-state index contributed by atoms with van der Waals surface area (Å²) in [4.78, 5) is 4.64. The van der Waals surface area contributed by atoms with Crippen molar-refractivity contribution in [3.63, 3.8) is 0 Å². The number of hydrogen-bond donors (Lipinski definition) is 0. The molecule has 0 radical (unpaired) electrons. The molecule has 0 N–H and O–H groups in total. The van der Waals surface area contributed by atoms with Crippen LogP contribution in [0.15, 0.2) is 236 Å². The van der Waals surface area contributed by atoms with Gasteiger partial charge in [0.05, 0.1) is 22.1 Å². The van der Waals surface area contributed by atoms with Crippen molar-refractivity contribution in [3.8, 4) is 0 Å². The van der Waals surface area contributed by atoms with Crippen molar-refractivity contribution in [3.05, 3.63) is 218 Å². The Morgan fingerprint density at radius 2 is 0.618 bits per heavy atom. The van der Waals surface area contributed by atoms with Gasteiger partial charge in [-0.1, -0.05) is 97.1 Å². The van der Waals surface area contributed by atoms with E-state index < -0.39 is 0 Å². The minimum atomic E-state index is 0.790. The van der Waals surface area contributed by atoms with Crippen LogP contribution in [0.25, 0.3) is 109 Å². The fraction of sp³-hybridized carbons (Fsp3) is 0. The number of rotatable bonds is 6. The maximum atomic E-state index is 6.69. The maximum absolute atomic E-state index is 6.69. The van der Waals surface area contributed by atoms with Gasteiger partial charge in [-0.05, 0) is 137 Å². The van der Waals surface area contributed by atoms with Crippen LogP contribution < -0.4 is 9.80 Å². The van der Waals surface area contributed by atoms with Crippen molar-refractivity contribution < 1.29 is 17.7 Å². The molecule has 11 aromatic carbocycles. The lowest BCUT2D eigenvalue weighted by Gasteiger charge is -2.26. The first-order valence-electron chi connectivity index (χ1n) is 22.9. The Morgan fingerprint density at radius 3 is 1.10 bits per heavy atom. The lowest BCUT2D eigenvalue weighted by Crippen LogP contribution is -2.10. The average molecular weight is 873 g/mol. The lowest BCUT2D eigenvalue weighted by atomic mass is 10.0. The van der Waals surface area contributed by atoms with Crippen molar-refractivity contribution in [2.24, 2.45) is 0 Å². The van der Waals surface area contributed by atoms with Gasteiger partial charge in [-0.3, -0.25) is 0 Å². The van der Waals surface area contributed by atoms with E-state index >= 15 is 0 Å². The van der Waals surface area contributed by atoms with Crippen LogP contribution in [0.5, 0.6) is 0 Å². The van der Waals surface area contributed by atoms with E-state index in [9.17, 15) is 0 Å². The van der Waals surface area contributed by atoms with Crippen LogP contribution in [0.3, 0.4) is 0 Å². The molecule has 0 aliphatic heterocycles. The predicted octanol–water partition coefficient (Wildman–Crippen LogP) is 18.5. The molecule has 0 amide bonds. The fourth-order valence-corrected chi connectivity index (χ4v) is 10.7. The average Bonchev–Trinajstić information content (AvgIpc) is 4.15. The van der Waals surface area contributed by atoms with Crippen molar-refractivity contribution >= 4 is 143 Å². The van der Waals surface area contributed by atoms with Crippen molar-refractivity contribution in [1.82, 2.24) is 0 Å². The number of fused-ring (bicyclic) bond motifs is 14. The molecule has 0 saturated carbocycles. The third-order valence-corrected chi connectivity index (χ3v) is 13.7. The molecular formula is C62H36N2O4. The summed E-state index contributed by atoms with van der Waals surface area (Å²) in [5, 5.41) is 13.0. The maximum Gasteiger partial charge on any atom is 0.139 e. The van der Waals surface area contributed by atoms with Crippen LogP contribution in [0.2, 0.25) is 0 Å². The molecule has 4 aromatic heterocycles. The molecular weight excluding hydrogens is 837 g/mol. The zero-order valence-corrected chi connectivity index (χ0v) is 36.3. The number of anilines is 6. The summed E-state index contributed by atoms with van der Waals surface area (Å²) in [6, 6.07) is 76.6. The summed E-state index contributed by atoms with van der Waals surface area (Å²) >= 11 is 0. The Kier molecular flexibility index (Phi) is 7.69. The van der Waals surface area contributed by atoms with Crippen molar-refractivity contribution in [2.75, 3.05) is 9.80 Å². The SMILES string of the molecule is c1ccc(N(c2ccc3cc4c(cc3c2)oc2cc3oc5cc6cc(N(c7ccccc7)c7cccc8oc9ccccc9c78)ccc6cc5c3cc24)c2cccc3oc4ccccc4c23)cc1. The van der Waals surface area contributed by atoms with Gasteiger partial charge in [-0.25, -0.2) is 0 Å². The smallest absolute Gasteiger partial charge is 0.139 e. The van der Waals surface area contributed by atoms with E-state index in [0.717, 1.165) is 143 Å². The number of hydrogen-bond acceptors (Lipinski definition) is 6. The summed E-state index contributed by atoms with van der Waals surface area (Å²) in [5.74, 6) is 0. The molecule has 318 valence electrons. The zero-order chi connectivity index (χ0) is 44.5. The van der Waals surface area contributed by atoms with E-state index in [2.05, 4.69) is 192 Å². The Morgan fingerprint density at radius 1 is 0.221 bits per heavy atom. The molecule has 0 saturated heterocycles. The normalized spacial score (nSPS) is 12.1. The van der Waals surface area contributed by atoms with E-state index in [0.29, 0.717) is 0 Å². The second kappa shape index (κ2) is 14.1. The first-order chi connectivity index (χ1) is 33.7. The van der Waals surface area contributed by atoms with E-state index in [-0.39, 0.29) is 0 Å². The third-order valence-electron chi connectivity index (χ3n) is 13.7. The van der Waals surface area contributed by atoms with Gasteiger partial charge in [0.1, 0.15) is 44.7 Å². The second-order valence-corrected chi connectivity index (χ2v) is 17.6. The minimum Gasteiger partial charge on any atom is -0.456 e. The molecule has 15 aromatic rings. The van der Waals surface area contributed by atoms with Gasteiger partial charge in [0.15, 0.2) is 0 Å². The molecule has 0 unspecified atom stereocenters. The number of nitrogens with zero attached hydrogens (tertiary/aromatic N) is 2. The first-order valence-corrected chi connectivity index (χ1v) is 22.9. The van der Waals surface area contributed by atoms with E-state index in [4.69, 9.17) is 17.7 Å². The van der Waals surface area contributed by atoms with Crippen LogP contribution in [0, 0.1) is 0 Å². The molecule has 0 atom stereocenters. The van der Waals surface area contributed by atoms with Gasteiger partial charge in [-0.15, -0.1) is 0 Å². The number of para-hydroxylation sites is 4. The molecule has 0 aliphatic carbocycles. The van der Waals surface area contributed by atoms with Gasteiger partial charge in [0.25, 0.3) is 0 Å². The Balaban J connectivity index is 0.843. The Bertz CT molecular complexity index is 4230. The van der Waals surface area contributed by atoms with E-state index in [1.807, 2.05) is 36.4 Å². The minimum absolute atomic E-state index is 0.790. The summed E-state index contributed by atoms with van der Waals surface area (Å²) in [6.45, 7) is 0. The summed E-state index contributed by atoms with van der Waals surface area (Å²) in [6.07, 6.45) is 0. The molecule has 0 spiro atoms. The van der Waals surface area contributed by atoms with E-state index in [1.54, 1.807) is 0 Å². The van der Waals surface area contributed by atoms with Gasteiger partial charge in [0, 0.05) is 61.1 Å². The standard InChI is InChI=1S/C62H36N2O4/c1-3-13-41(14-4-1)63(51-19-11-23-55-61(51)45-17-7-9-21-53(45)65-55)43-27-25-37-31-47-49-35-50-48-32-38-26-28-44(30-40(38)34-58(48)68-60(50)36-59(49)67-57(47)33-39(37)29-43)64(42-15-5-2-6-16-42)52-20-12-24-56-62(52)46-18-8-10-22-54(46)66-56/h1-36H. The van der Waals surface area contributed by atoms with Gasteiger partial charge in [-0.2, -0.15) is 0 Å². The monoisotopic (exact) mass is 872 g/mol. The Hall–Kier alpha value is -9.26. The molecule has 68 heavy (non-hydrogen) atoms. The van der Waals surface area contributed by atoms with E-state index in [1.165, 1.54) is 0 Å². The van der Waals surface area contributed by atoms with Crippen LogP contribution in [0.4, 0.5) is 34.1 Å². The molecule has 6 nitrogen and oxygen atoms in total. The summed E-state index contributed by atoms with van der Waals surface area (Å²) in [5.41, 5.74) is 13.0. The topological polar surface area (TPSA) is 59.0 Å².